The van der Waals surface area contributed by atoms with Gasteiger partial charge in [0.2, 0.25) is 5.56 Å². The maximum Gasteiger partial charge on any atom is 0.416 e. The molecule has 2 N–H and O–H groups in total. The number of nitrogens with one attached hydrogen (secondary N) is 1. The van der Waals surface area contributed by atoms with Crippen molar-refractivity contribution in [1.82, 2.24) is 4.98 Å². The lowest BCUT2D eigenvalue weighted by molar-refractivity contribution is -0.209. The minimum atomic E-state index is -4.63. The summed E-state index contributed by atoms with van der Waals surface area (Å²) < 4.78 is 38.7. The highest BCUT2D eigenvalue weighted by Crippen LogP contribution is 2.35. The standard InChI is InChI=1S/C17H19F3N2O2/c1-2-10-8-15(23)21-13-6-5-11(9-12(10)13)22-7-3-4-14(22)16(24)17(18,19)20/h5-6,8-9,14,16,24H,2-4,7H2,1H3,(H,21,23)/t14-,16?/m1/s1. The molecule has 0 amide bonds. The lowest BCUT2D eigenvalue weighted by Crippen LogP contribution is -2.47. The average Bonchev–Trinajstić information content (AvgIpc) is 3.01. The van der Waals surface area contributed by atoms with E-state index in [1.54, 1.807) is 23.1 Å². The molecule has 130 valence electrons. The van der Waals surface area contributed by atoms with Crippen molar-refractivity contribution < 1.29 is 18.3 Å². The van der Waals surface area contributed by atoms with E-state index < -0.39 is 18.3 Å². The number of pyridine rings is 1. The fraction of sp³-hybridized carbons (Fsp3) is 0.471. The molecule has 1 fully saturated rings. The Labute approximate surface area is 136 Å². The van der Waals surface area contributed by atoms with Gasteiger partial charge < -0.3 is 15.0 Å². The first-order valence-electron chi connectivity index (χ1n) is 7.98. The van der Waals surface area contributed by atoms with Crippen LogP contribution in [0.2, 0.25) is 0 Å². The van der Waals surface area contributed by atoms with E-state index in [9.17, 15) is 23.1 Å². The Bertz CT molecular complexity index is 801. The number of aliphatic hydroxyl groups is 1. The Kier molecular flexibility index (Phi) is 4.29. The number of aryl methyl sites for hydroxylation is 1. The molecule has 1 aliphatic rings. The van der Waals surface area contributed by atoms with Gasteiger partial charge in [-0.2, -0.15) is 13.2 Å². The van der Waals surface area contributed by atoms with Crippen molar-refractivity contribution in [2.75, 3.05) is 11.4 Å². The van der Waals surface area contributed by atoms with Crippen molar-refractivity contribution in [2.24, 2.45) is 0 Å². The van der Waals surface area contributed by atoms with Gasteiger partial charge in [-0.1, -0.05) is 6.92 Å². The summed E-state index contributed by atoms with van der Waals surface area (Å²) in [6.07, 6.45) is -5.45. The van der Waals surface area contributed by atoms with Gasteiger partial charge in [-0.3, -0.25) is 4.79 Å². The molecule has 2 aromatic rings. The zero-order valence-electron chi connectivity index (χ0n) is 13.2. The average molecular weight is 340 g/mol. The molecular weight excluding hydrogens is 321 g/mol. The molecular formula is C17H19F3N2O2. The van der Waals surface area contributed by atoms with E-state index in [0.717, 1.165) is 10.9 Å². The fourth-order valence-electron chi connectivity index (χ4n) is 3.44. The third kappa shape index (κ3) is 3.00. The maximum atomic E-state index is 12.9. The van der Waals surface area contributed by atoms with E-state index in [-0.39, 0.29) is 5.56 Å². The largest absolute Gasteiger partial charge is 0.416 e. The summed E-state index contributed by atoms with van der Waals surface area (Å²) in [4.78, 5) is 16.0. The number of halogens is 3. The van der Waals surface area contributed by atoms with Gasteiger partial charge in [0.15, 0.2) is 6.10 Å². The highest BCUT2D eigenvalue weighted by Gasteiger charge is 2.47. The van der Waals surface area contributed by atoms with Crippen molar-refractivity contribution in [1.29, 1.82) is 0 Å². The van der Waals surface area contributed by atoms with Crippen LogP contribution in [-0.2, 0) is 6.42 Å². The van der Waals surface area contributed by atoms with Crippen LogP contribution < -0.4 is 10.5 Å². The molecule has 3 rings (SSSR count). The van der Waals surface area contributed by atoms with Crippen molar-refractivity contribution >= 4 is 16.6 Å². The number of hydrogen-bond acceptors (Lipinski definition) is 3. The molecule has 0 bridgehead atoms. The molecule has 0 saturated carbocycles. The zero-order valence-corrected chi connectivity index (χ0v) is 13.2. The number of nitrogens with zero attached hydrogens (tertiary/aromatic N) is 1. The minimum Gasteiger partial charge on any atom is -0.382 e. The number of anilines is 1. The number of benzene rings is 1. The number of aliphatic hydroxyl groups excluding tert-OH is 1. The quantitative estimate of drug-likeness (QED) is 0.903. The summed E-state index contributed by atoms with van der Waals surface area (Å²) in [6, 6.07) is 5.74. The van der Waals surface area contributed by atoms with Gasteiger partial charge in [0.25, 0.3) is 0 Å². The first-order valence-corrected chi connectivity index (χ1v) is 7.98. The highest BCUT2D eigenvalue weighted by molar-refractivity contribution is 5.85. The summed E-state index contributed by atoms with van der Waals surface area (Å²) in [5.41, 5.74) is 1.95. The van der Waals surface area contributed by atoms with Crippen molar-refractivity contribution in [3.63, 3.8) is 0 Å². The van der Waals surface area contributed by atoms with Crippen LogP contribution in [0.3, 0.4) is 0 Å². The van der Waals surface area contributed by atoms with Crippen molar-refractivity contribution in [3.8, 4) is 0 Å². The second-order valence-electron chi connectivity index (χ2n) is 6.13. The summed E-state index contributed by atoms with van der Waals surface area (Å²) in [7, 11) is 0. The SMILES string of the molecule is CCc1cc(=O)[nH]c2ccc(N3CCC[C@@H]3C(O)C(F)(F)F)cc12. The minimum absolute atomic E-state index is 0.196. The maximum absolute atomic E-state index is 12.9. The summed E-state index contributed by atoms with van der Waals surface area (Å²) in [6.45, 7) is 2.39. The lowest BCUT2D eigenvalue weighted by Gasteiger charge is -2.31. The third-order valence-electron chi connectivity index (χ3n) is 4.62. The number of alkyl halides is 3. The molecule has 0 radical (unpaired) electrons. The number of H-pyrrole nitrogens is 1. The Hall–Kier alpha value is -2.02. The van der Waals surface area contributed by atoms with Crippen molar-refractivity contribution in [3.05, 3.63) is 40.2 Å². The predicted molar refractivity (Wildman–Crippen MR) is 86.4 cm³/mol. The summed E-state index contributed by atoms with van der Waals surface area (Å²) in [5.74, 6) is 0. The second-order valence-corrected chi connectivity index (χ2v) is 6.13. The molecule has 1 unspecified atom stereocenters. The van der Waals surface area contributed by atoms with Crippen LogP contribution in [0.4, 0.5) is 18.9 Å². The van der Waals surface area contributed by atoms with Gasteiger partial charge in [0.1, 0.15) is 0 Å². The van der Waals surface area contributed by atoms with E-state index in [2.05, 4.69) is 4.98 Å². The van der Waals surface area contributed by atoms with Gasteiger partial charge in [0, 0.05) is 29.2 Å². The Morgan fingerprint density at radius 2 is 2.12 bits per heavy atom. The topological polar surface area (TPSA) is 56.3 Å². The molecule has 2 heterocycles. The van der Waals surface area contributed by atoms with Crippen LogP contribution in [-0.4, -0.2) is 35.0 Å². The molecule has 4 nitrogen and oxygen atoms in total. The van der Waals surface area contributed by atoms with Crippen LogP contribution in [0.5, 0.6) is 0 Å². The predicted octanol–water partition coefficient (Wildman–Crippen LogP) is 2.98. The van der Waals surface area contributed by atoms with E-state index >= 15 is 0 Å². The van der Waals surface area contributed by atoms with Crippen LogP contribution in [0.15, 0.2) is 29.1 Å². The summed E-state index contributed by atoms with van der Waals surface area (Å²) >= 11 is 0. The molecule has 1 aliphatic heterocycles. The van der Waals surface area contributed by atoms with Gasteiger partial charge in [0.05, 0.1) is 6.04 Å². The van der Waals surface area contributed by atoms with Crippen LogP contribution in [0, 0.1) is 0 Å². The molecule has 1 aromatic carbocycles. The van der Waals surface area contributed by atoms with Crippen LogP contribution in [0.1, 0.15) is 25.3 Å². The first-order chi connectivity index (χ1) is 11.3. The number of fused-ring (bicyclic) bond motifs is 1. The van der Waals surface area contributed by atoms with Gasteiger partial charge in [-0.25, -0.2) is 0 Å². The number of aromatic amines is 1. The zero-order chi connectivity index (χ0) is 17.5. The Balaban J connectivity index is 2.02. The lowest BCUT2D eigenvalue weighted by atomic mass is 10.0. The van der Waals surface area contributed by atoms with E-state index in [4.69, 9.17) is 0 Å². The molecule has 24 heavy (non-hydrogen) atoms. The molecule has 1 aromatic heterocycles. The van der Waals surface area contributed by atoms with E-state index in [0.29, 0.717) is 37.0 Å². The fourth-order valence-corrected chi connectivity index (χ4v) is 3.44. The third-order valence-corrected chi connectivity index (χ3v) is 4.62. The number of hydrogen-bond donors (Lipinski definition) is 2. The van der Waals surface area contributed by atoms with Gasteiger partial charge in [-0.15, -0.1) is 0 Å². The van der Waals surface area contributed by atoms with E-state index in [1.165, 1.54) is 6.07 Å². The smallest absolute Gasteiger partial charge is 0.382 e. The Morgan fingerprint density at radius 1 is 1.38 bits per heavy atom. The number of aromatic nitrogens is 1. The molecule has 7 heteroatoms. The van der Waals surface area contributed by atoms with Crippen LogP contribution >= 0.6 is 0 Å². The second kappa shape index (κ2) is 6.12. The van der Waals surface area contributed by atoms with Crippen LogP contribution in [0.25, 0.3) is 10.9 Å². The molecule has 0 spiro atoms. The first kappa shape index (κ1) is 16.8. The van der Waals surface area contributed by atoms with Gasteiger partial charge in [-0.05, 0) is 43.0 Å². The van der Waals surface area contributed by atoms with E-state index in [1.807, 2.05) is 6.92 Å². The molecule has 1 saturated heterocycles. The monoisotopic (exact) mass is 340 g/mol. The molecule has 2 atom stereocenters. The highest BCUT2D eigenvalue weighted by atomic mass is 19.4. The Morgan fingerprint density at radius 3 is 2.79 bits per heavy atom. The summed E-state index contributed by atoms with van der Waals surface area (Å²) in [5, 5.41) is 10.5. The normalized spacial score (nSPS) is 19.9. The number of rotatable bonds is 3. The molecule has 0 aliphatic carbocycles. The van der Waals surface area contributed by atoms with Gasteiger partial charge >= 0.3 is 6.18 Å². The van der Waals surface area contributed by atoms with Crippen molar-refractivity contribution in [2.45, 2.75) is 44.5 Å².